The van der Waals surface area contributed by atoms with E-state index in [0.717, 1.165) is 0 Å². The smallest absolute Gasteiger partial charge is 0.270 e. The van der Waals surface area contributed by atoms with Crippen LogP contribution in [0.25, 0.3) is 6.08 Å². The minimum atomic E-state index is -0.551. The molecule has 2 amide bonds. The van der Waals surface area contributed by atoms with Gasteiger partial charge in [-0.1, -0.05) is 36.4 Å². The van der Waals surface area contributed by atoms with E-state index in [4.69, 9.17) is 21.7 Å². The molecular formula is C26H22N2O4S. The van der Waals surface area contributed by atoms with Crippen molar-refractivity contribution in [3.05, 3.63) is 90.0 Å². The summed E-state index contributed by atoms with van der Waals surface area (Å²) in [7, 11) is 0. The molecule has 33 heavy (non-hydrogen) atoms. The Morgan fingerprint density at radius 2 is 1.52 bits per heavy atom. The quantitative estimate of drug-likeness (QED) is 0.316. The van der Waals surface area contributed by atoms with Crippen molar-refractivity contribution in [3.63, 3.8) is 0 Å². The number of benzene rings is 3. The standard InChI is InChI=1S/C26H22N2O4S/c1-17(2)31-23-11-7-6-8-18(23)16-22-24(29)27-26(33)28(25(22)30)19-12-14-21(15-13-19)32-20-9-4-3-5-10-20/h3-17H,1-2H3,(H,27,29,33)/b22-16+. The number of nitrogens with zero attached hydrogens (tertiary/aromatic N) is 1. The molecule has 6 nitrogen and oxygen atoms in total. The van der Waals surface area contributed by atoms with Crippen LogP contribution in [0.1, 0.15) is 19.4 Å². The van der Waals surface area contributed by atoms with E-state index < -0.39 is 11.8 Å². The molecule has 1 fully saturated rings. The third-order valence-electron chi connectivity index (χ3n) is 4.76. The molecule has 0 spiro atoms. The van der Waals surface area contributed by atoms with Crippen LogP contribution in [-0.4, -0.2) is 23.0 Å². The molecule has 0 radical (unpaired) electrons. The Morgan fingerprint density at radius 3 is 2.21 bits per heavy atom. The maximum absolute atomic E-state index is 13.3. The monoisotopic (exact) mass is 458 g/mol. The molecule has 166 valence electrons. The van der Waals surface area contributed by atoms with Crippen LogP contribution in [0.5, 0.6) is 17.2 Å². The summed E-state index contributed by atoms with van der Waals surface area (Å²) in [5, 5.41) is 2.62. The molecule has 4 rings (SSSR count). The number of carbonyl (C=O) groups is 2. The summed E-state index contributed by atoms with van der Waals surface area (Å²) in [6, 6.07) is 23.5. The minimum Gasteiger partial charge on any atom is -0.490 e. The third kappa shape index (κ3) is 5.10. The molecule has 0 atom stereocenters. The highest BCUT2D eigenvalue weighted by atomic mass is 32.1. The molecule has 7 heteroatoms. The molecule has 0 aliphatic carbocycles. The summed E-state index contributed by atoms with van der Waals surface area (Å²) in [6.07, 6.45) is 1.47. The van der Waals surface area contributed by atoms with Gasteiger partial charge in [0.05, 0.1) is 11.8 Å². The van der Waals surface area contributed by atoms with Crippen molar-refractivity contribution in [2.45, 2.75) is 20.0 Å². The maximum atomic E-state index is 13.3. The Labute approximate surface area is 197 Å². The first kappa shape index (κ1) is 22.2. The summed E-state index contributed by atoms with van der Waals surface area (Å²) >= 11 is 5.29. The van der Waals surface area contributed by atoms with E-state index >= 15 is 0 Å². The molecule has 1 aliphatic heterocycles. The van der Waals surface area contributed by atoms with Crippen molar-refractivity contribution in [3.8, 4) is 17.2 Å². The molecule has 1 heterocycles. The number of rotatable bonds is 6. The summed E-state index contributed by atoms with van der Waals surface area (Å²) in [4.78, 5) is 27.2. The van der Waals surface area contributed by atoms with E-state index in [1.165, 1.54) is 11.0 Å². The van der Waals surface area contributed by atoms with Crippen LogP contribution in [0.2, 0.25) is 0 Å². The van der Waals surface area contributed by atoms with Gasteiger partial charge in [-0.15, -0.1) is 0 Å². The molecule has 0 aromatic heterocycles. The Kier molecular flexibility index (Phi) is 6.51. The second-order valence-electron chi connectivity index (χ2n) is 7.57. The second-order valence-corrected chi connectivity index (χ2v) is 7.96. The van der Waals surface area contributed by atoms with Crippen molar-refractivity contribution in [1.82, 2.24) is 5.32 Å². The normalized spacial score (nSPS) is 15.1. The molecule has 3 aromatic rings. The largest absolute Gasteiger partial charge is 0.490 e. The number of hydrogen-bond donors (Lipinski definition) is 1. The fourth-order valence-electron chi connectivity index (χ4n) is 3.30. The van der Waals surface area contributed by atoms with Crippen molar-refractivity contribution >= 4 is 40.9 Å². The Hall–Kier alpha value is -3.97. The van der Waals surface area contributed by atoms with Gasteiger partial charge in [0.25, 0.3) is 11.8 Å². The molecule has 1 N–H and O–H groups in total. The molecule has 1 aliphatic rings. The van der Waals surface area contributed by atoms with Gasteiger partial charge in [0.2, 0.25) is 0 Å². The van der Waals surface area contributed by atoms with Gasteiger partial charge < -0.3 is 9.47 Å². The van der Waals surface area contributed by atoms with Gasteiger partial charge in [-0.2, -0.15) is 0 Å². The molecule has 0 saturated carbocycles. The average Bonchev–Trinajstić information content (AvgIpc) is 2.79. The molecule has 3 aromatic carbocycles. The summed E-state index contributed by atoms with van der Waals surface area (Å²) < 4.78 is 11.6. The van der Waals surface area contributed by atoms with Crippen LogP contribution in [-0.2, 0) is 9.59 Å². The Bertz CT molecular complexity index is 1220. The second kappa shape index (κ2) is 9.67. The fraction of sp³-hybridized carbons (Fsp3) is 0.115. The zero-order valence-electron chi connectivity index (χ0n) is 18.1. The number of ether oxygens (including phenoxy) is 2. The number of carbonyl (C=O) groups excluding carboxylic acids is 2. The van der Waals surface area contributed by atoms with E-state index in [1.807, 2.05) is 56.3 Å². The van der Waals surface area contributed by atoms with Crippen molar-refractivity contribution < 1.29 is 19.1 Å². The predicted octanol–water partition coefficient (Wildman–Crippen LogP) is 5.10. The summed E-state index contributed by atoms with van der Waals surface area (Å²) in [5.74, 6) is 0.835. The van der Waals surface area contributed by atoms with Gasteiger partial charge in [0.15, 0.2) is 5.11 Å². The van der Waals surface area contributed by atoms with Crippen LogP contribution >= 0.6 is 12.2 Å². The lowest BCUT2D eigenvalue weighted by Crippen LogP contribution is -2.54. The average molecular weight is 459 g/mol. The lowest BCUT2D eigenvalue weighted by atomic mass is 10.1. The number of para-hydroxylation sites is 2. The highest BCUT2D eigenvalue weighted by molar-refractivity contribution is 7.80. The number of hydrogen-bond acceptors (Lipinski definition) is 5. The minimum absolute atomic E-state index is 0.0191. The first-order chi connectivity index (χ1) is 15.9. The van der Waals surface area contributed by atoms with E-state index in [2.05, 4.69) is 5.32 Å². The van der Waals surface area contributed by atoms with Crippen LogP contribution in [0, 0.1) is 0 Å². The zero-order valence-corrected chi connectivity index (χ0v) is 19.0. The van der Waals surface area contributed by atoms with Crippen molar-refractivity contribution in [2.24, 2.45) is 0 Å². The van der Waals surface area contributed by atoms with E-state index in [1.54, 1.807) is 36.4 Å². The number of amides is 2. The van der Waals surface area contributed by atoms with E-state index in [-0.39, 0.29) is 16.8 Å². The number of thiocarbonyl (C=S) groups is 1. The first-order valence-corrected chi connectivity index (χ1v) is 10.8. The lowest BCUT2D eigenvalue weighted by molar-refractivity contribution is -0.122. The maximum Gasteiger partial charge on any atom is 0.270 e. The predicted molar refractivity (Wildman–Crippen MR) is 131 cm³/mol. The van der Waals surface area contributed by atoms with Gasteiger partial charge in [-0.25, -0.2) is 0 Å². The first-order valence-electron chi connectivity index (χ1n) is 10.4. The van der Waals surface area contributed by atoms with Crippen molar-refractivity contribution in [2.75, 3.05) is 4.90 Å². The van der Waals surface area contributed by atoms with Gasteiger partial charge in [-0.3, -0.25) is 19.8 Å². The van der Waals surface area contributed by atoms with Gasteiger partial charge in [0, 0.05) is 5.56 Å². The van der Waals surface area contributed by atoms with Crippen LogP contribution in [0.15, 0.2) is 84.4 Å². The van der Waals surface area contributed by atoms with Gasteiger partial charge in [-0.05, 0) is 74.6 Å². The summed E-state index contributed by atoms with van der Waals surface area (Å²) in [5.41, 5.74) is 1.11. The van der Waals surface area contributed by atoms with Gasteiger partial charge >= 0.3 is 0 Å². The molecule has 0 unspecified atom stereocenters. The van der Waals surface area contributed by atoms with E-state index in [9.17, 15) is 9.59 Å². The number of nitrogens with one attached hydrogen (secondary N) is 1. The Morgan fingerprint density at radius 1 is 0.879 bits per heavy atom. The van der Waals surface area contributed by atoms with Crippen LogP contribution < -0.4 is 19.7 Å². The summed E-state index contributed by atoms with van der Waals surface area (Å²) in [6.45, 7) is 3.82. The molecule has 0 bridgehead atoms. The topological polar surface area (TPSA) is 67.9 Å². The van der Waals surface area contributed by atoms with E-state index in [0.29, 0.717) is 28.5 Å². The fourth-order valence-corrected chi connectivity index (χ4v) is 3.58. The number of anilines is 1. The lowest BCUT2D eigenvalue weighted by Gasteiger charge is -2.29. The third-order valence-corrected chi connectivity index (χ3v) is 5.04. The highest BCUT2D eigenvalue weighted by Gasteiger charge is 2.34. The van der Waals surface area contributed by atoms with Crippen LogP contribution in [0.4, 0.5) is 5.69 Å². The molecular weight excluding hydrogens is 436 g/mol. The molecule has 1 saturated heterocycles. The van der Waals surface area contributed by atoms with Crippen molar-refractivity contribution in [1.29, 1.82) is 0 Å². The zero-order chi connectivity index (χ0) is 23.4. The van der Waals surface area contributed by atoms with Gasteiger partial charge in [0.1, 0.15) is 22.8 Å². The highest BCUT2D eigenvalue weighted by Crippen LogP contribution is 2.28. The van der Waals surface area contributed by atoms with Crippen LogP contribution in [0.3, 0.4) is 0 Å². The SMILES string of the molecule is CC(C)Oc1ccccc1/C=C1\C(=O)NC(=S)N(c2ccc(Oc3ccccc3)cc2)C1=O. The Balaban J connectivity index is 1.61.